The zero-order valence-electron chi connectivity index (χ0n) is 11.9. The fraction of sp³-hybridized carbons (Fsp3) is 0.692. The van der Waals surface area contributed by atoms with Crippen molar-refractivity contribution in [3.63, 3.8) is 0 Å². The molecule has 0 aromatic carbocycles. The summed E-state index contributed by atoms with van der Waals surface area (Å²) in [7, 11) is 1.98. The molecule has 19 heavy (non-hydrogen) atoms. The van der Waals surface area contributed by atoms with Gasteiger partial charge in [0.1, 0.15) is 5.01 Å². The summed E-state index contributed by atoms with van der Waals surface area (Å²) in [5, 5.41) is 4.34. The first-order valence-corrected chi connectivity index (χ1v) is 7.48. The van der Waals surface area contributed by atoms with Crippen LogP contribution in [0.15, 0.2) is 0 Å². The Balaban J connectivity index is 1.83. The Morgan fingerprint density at radius 3 is 2.68 bits per heavy atom. The van der Waals surface area contributed by atoms with Crippen molar-refractivity contribution in [3.05, 3.63) is 15.6 Å². The number of hydrogen-bond donors (Lipinski definition) is 1. The molecule has 1 aromatic rings. The summed E-state index contributed by atoms with van der Waals surface area (Å²) in [5.41, 5.74) is 1.10. The molecule has 0 spiro atoms. The van der Waals surface area contributed by atoms with E-state index in [4.69, 9.17) is 0 Å². The second-order valence-electron chi connectivity index (χ2n) is 5.05. The maximum absolute atomic E-state index is 12.1. The van der Waals surface area contributed by atoms with Gasteiger partial charge in [-0.1, -0.05) is 0 Å². The number of nitrogens with zero attached hydrogens (tertiary/aromatic N) is 3. The number of rotatable bonds is 4. The average Bonchev–Trinajstić information content (AvgIpc) is 2.69. The molecule has 5 nitrogen and oxygen atoms in total. The van der Waals surface area contributed by atoms with E-state index in [1.165, 1.54) is 4.88 Å². The summed E-state index contributed by atoms with van der Waals surface area (Å²) in [5.74, 6) is 0.217. The molecule has 1 aromatic heterocycles. The lowest BCUT2D eigenvalue weighted by molar-refractivity contribution is -0.132. The minimum Gasteiger partial charge on any atom is -0.339 e. The van der Waals surface area contributed by atoms with Gasteiger partial charge in [0.25, 0.3) is 0 Å². The van der Waals surface area contributed by atoms with Crippen molar-refractivity contribution in [3.8, 4) is 0 Å². The van der Waals surface area contributed by atoms with Crippen LogP contribution in [0, 0.1) is 13.8 Å². The predicted octanol–water partition coefficient (Wildman–Crippen LogP) is 0.624. The third-order valence-corrected chi connectivity index (χ3v) is 4.41. The lowest BCUT2D eigenvalue weighted by atomic mass is 10.3. The molecule has 1 amide bonds. The maximum Gasteiger partial charge on any atom is 0.236 e. The monoisotopic (exact) mass is 282 g/mol. The molecule has 0 aliphatic carbocycles. The molecule has 1 fully saturated rings. The van der Waals surface area contributed by atoms with Crippen molar-refractivity contribution in [1.29, 1.82) is 0 Å². The Morgan fingerprint density at radius 1 is 1.42 bits per heavy atom. The van der Waals surface area contributed by atoms with Gasteiger partial charge in [-0.25, -0.2) is 4.98 Å². The standard InChI is InChI=1S/C13H22N4OS/c1-10-11(2)19-12(15-10)8-16(3)9-13(18)17-6-4-14-5-7-17/h14H,4-9H2,1-3H3. The number of piperazine rings is 1. The quantitative estimate of drug-likeness (QED) is 0.880. The largest absolute Gasteiger partial charge is 0.339 e. The Kier molecular flexibility index (Phi) is 4.90. The van der Waals surface area contributed by atoms with Gasteiger partial charge in [0.05, 0.1) is 18.8 Å². The van der Waals surface area contributed by atoms with Gasteiger partial charge in [0.15, 0.2) is 0 Å². The van der Waals surface area contributed by atoms with E-state index in [1.807, 2.05) is 23.8 Å². The lowest BCUT2D eigenvalue weighted by Gasteiger charge is -2.29. The SMILES string of the molecule is Cc1nc(CN(C)CC(=O)N2CCNCC2)sc1C. The van der Waals surface area contributed by atoms with E-state index in [9.17, 15) is 4.79 Å². The molecule has 0 radical (unpaired) electrons. The molecule has 0 unspecified atom stereocenters. The van der Waals surface area contributed by atoms with Crippen LogP contribution >= 0.6 is 11.3 Å². The van der Waals surface area contributed by atoms with Crippen LogP contribution in [0.25, 0.3) is 0 Å². The number of thiazole rings is 1. The number of carbonyl (C=O) groups excluding carboxylic acids is 1. The van der Waals surface area contributed by atoms with Crippen molar-refractivity contribution in [2.24, 2.45) is 0 Å². The molecule has 1 aliphatic rings. The number of carbonyl (C=O) groups is 1. The van der Waals surface area contributed by atoms with Gasteiger partial charge in [-0.05, 0) is 20.9 Å². The van der Waals surface area contributed by atoms with Crippen LogP contribution in [-0.4, -0.2) is 60.5 Å². The number of likely N-dealkylation sites (N-methyl/N-ethyl adjacent to an activating group) is 1. The summed E-state index contributed by atoms with van der Waals surface area (Å²) in [6, 6.07) is 0. The highest BCUT2D eigenvalue weighted by atomic mass is 32.1. The first-order valence-electron chi connectivity index (χ1n) is 6.66. The van der Waals surface area contributed by atoms with Crippen LogP contribution in [0.1, 0.15) is 15.6 Å². The third-order valence-electron chi connectivity index (χ3n) is 3.35. The second-order valence-corrected chi connectivity index (χ2v) is 6.34. The first kappa shape index (κ1) is 14.4. The van der Waals surface area contributed by atoms with Crippen LogP contribution in [0.4, 0.5) is 0 Å². The van der Waals surface area contributed by atoms with E-state index < -0.39 is 0 Å². The van der Waals surface area contributed by atoms with Gasteiger partial charge in [-0.2, -0.15) is 0 Å². The maximum atomic E-state index is 12.1. The smallest absolute Gasteiger partial charge is 0.236 e. The number of aryl methyl sites for hydroxylation is 2. The topological polar surface area (TPSA) is 48.5 Å². The van der Waals surface area contributed by atoms with E-state index in [0.717, 1.165) is 43.4 Å². The zero-order chi connectivity index (χ0) is 13.8. The highest BCUT2D eigenvalue weighted by Gasteiger charge is 2.18. The Bertz CT molecular complexity index is 420. The molecule has 6 heteroatoms. The van der Waals surface area contributed by atoms with Crippen molar-refractivity contribution < 1.29 is 4.79 Å². The summed E-state index contributed by atoms with van der Waals surface area (Å²) in [6.45, 7) is 8.78. The number of amides is 1. The Labute approximate surface area is 118 Å². The third kappa shape index (κ3) is 3.99. The van der Waals surface area contributed by atoms with Gasteiger partial charge >= 0.3 is 0 Å². The molecule has 1 N–H and O–H groups in total. The molecule has 2 heterocycles. The lowest BCUT2D eigenvalue weighted by Crippen LogP contribution is -2.49. The average molecular weight is 282 g/mol. The Morgan fingerprint density at radius 2 is 2.11 bits per heavy atom. The van der Waals surface area contributed by atoms with Crippen LogP contribution in [-0.2, 0) is 11.3 Å². The van der Waals surface area contributed by atoms with Crippen LogP contribution in [0.3, 0.4) is 0 Å². The fourth-order valence-corrected chi connectivity index (χ4v) is 3.15. The van der Waals surface area contributed by atoms with Crippen LogP contribution in [0.5, 0.6) is 0 Å². The van der Waals surface area contributed by atoms with Crippen molar-refractivity contribution in [1.82, 2.24) is 20.1 Å². The summed E-state index contributed by atoms with van der Waals surface area (Å²) in [4.78, 5) is 21.9. The highest BCUT2D eigenvalue weighted by molar-refractivity contribution is 7.11. The van der Waals surface area contributed by atoms with Crippen molar-refractivity contribution in [2.45, 2.75) is 20.4 Å². The second kappa shape index (κ2) is 6.45. The minimum atomic E-state index is 0.217. The zero-order valence-corrected chi connectivity index (χ0v) is 12.7. The number of hydrogen-bond acceptors (Lipinski definition) is 5. The number of nitrogens with one attached hydrogen (secondary N) is 1. The Hall–Kier alpha value is -0.980. The van der Waals surface area contributed by atoms with E-state index in [2.05, 4.69) is 17.2 Å². The normalized spacial score (nSPS) is 16.1. The van der Waals surface area contributed by atoms with Crippen LogP contribution in [0.2, 0.25) is 0 Å². The molecular formula is C13H22N4OS. The fourth-order valence-electron chi connectivity index (χ4n) is 2.14. The molecular weight excluding hydrogens is 260 g/mol. The molecule has 0 atom stereocenters. The summed E-state index contributed by atoms with van der Waals surface area (Å²) < 4.78 is 0. The summed E-state index contributed by atoms with van der Waals surface area (Å²) in [6.07, 6.45) is 0. The van der Waals surface area contributed by atoms with E-state index in [0.29, 0.717) is 6.54 Å². The molecule has 106 valence electrons. The van der Waals surface area contributed by atoms with E-state index in [-0.39, 0.29) is 5.91 Å². The van der Waals surface area contributed by atoms with Gasteiger partial charge in [-0.3, -0.25) is 9.69 Å². The summed E-state index contributed by atoms with van der Waals surface area (Å²) >= 11 is 1.72. The van der Waals surface area contributed by atoms with Crippen molar-refractivity contribution >= 4 is 17.2 Å². The molecule has 0 saturated carbocycles. The van der Waals surface area contributed by atoms with Gasteiger partial charge < -0.3 is 10.2 Å². The van der Waals surface area contributed by atoms with E-state index >= 15 is 0 Å². The number of aromatic nitrogens is 1. The molecule has 1 aliphatic heterocycles. The molecule has 1 saturated heterocycles. The molecule has 2 rings (SSSR count). The molecule has 0 bridgehead atoms. The van der Waals surface area contributed by atoms with Crippen LogP contribution < -0.4 is 5.32 Å². The predicted molar refractivity (Wildman–Crippen MR) is 77.4 cm³/mol. The first-order chi connectivity index (χ1) is 9.06. The van der Waals surface area contributed by atoms with E-state index in [1.54, 1.807) is 11.3 Å². The minimum absolute atomic E-state index is 0.217. The van der Waals surface area contributed by atoms with Gasteiger partial charge in [0.2, 0.25) is 5.91 Å². The van der Waals surface area contributed by atoms with Crippen molar-refractivity contribution in [2.75, 3.05) is 39.8 Å². The van der Waals surface area contributed by atoms with Gasteiger partial charge in [-0.15, -0.1) is 11.3 Å². The van der Waals surface area contributed by atoms with Gasteiger partial charge in [0, 0.05) is 31.1 Å². The highest BCUT2D eigenvalue weighted by Crippen LogP contribution is 2.17.